The number of carbonyl (C=O) groups is 2. The van der Waals surface area contributed by atoms with Crippen LogP contribution in [-0.4, -0.2) is 63.8 Å². The molecule has 6 nitrogen and oxygen atoms in total. The maximum absolute atomic E-state index is 12.1. The molecular weight excluding hydrogens is 260 g/mol. The zero-order valence-electron chi connectivity index (χ0n) is 13.3. The van der Waals surface area contributed by atoms with Crippen LogP contribution < -0.4 is 0 Å². The highest BCUT2D eigenvalue weighted by Crippen LogP contribution is 2.21. The lowest BCUT2D eigenvalue weighted by atomic mass is 10.0. The van der Waals surface area contributed by atoms with Gasteiger partial charge in [-0.1, -0.05) is 0 Å². The minimum absolute atomic E-state index is 0.117. The molecule has 1 unspecified atom stereocenters. The van der Waals surface area contributed by atoms with Crippen LogP contribution in [0.3, 0.4) is 0 Å². The Morgan fingerprint density at radius 2 is 1.65 bits per heavy atom. The Morgan fingerprint density at radius 3 is 2.05 bits per heavy atom. The number of amides is 1. The summed E-state index contributed by atoms with van der Waals surface area (Å²) in [4.78, 5) is 26.9. The molecule has 1 saturated heterocycles. The van der Waals surface area contributed by atoms with Crippen LogP contribution in [0.4, 0.5) is 4.79 Å². The highest BCUT2D eigenvalue weighted by Gasteiger charge is 2.40. The third kappa shape index (κ3) is 4.37. The summed E-state index contributed by atoms with van der Waals surface area (Å²) in [5.41, 5.74) is -0.741. The molecule has 1 rings (SSSR count). The fraction of sp³-hybridized carbons (Fsp3) is 0.857. The first kappa shape index (κ1) is 16.8. The molecule has 1 atom stereocenters. The van der Waals surface area contributed by atoms with Gasteiger partial charge >= 0.3 is 12.1 Å². The second-order valence-electron chi connectivity index (χ2n) is 7.14. The fourth-order valence-corrected chi connectivity index (χ4v) is 2.14. The van der Waals surface area contributed by atoms with E-state index in [1.165, 1.54) is 4.90 Å². The van der Waals surface area contributed by atoms with Gasteiger partial charge in [0.25, 0.3) is 0 Å². The predicted octanol–water partition coefficient (Wildman–Crippen LogP) is 1.79. The maximum atomic E-state index is 12.1. The summed E-state index contributed by atoms with van der Waals surface area (Å²) < 4.78 is 5.28. The molecule has 1 N–H and O–H groups in total. The molecule has 1 amide bonds. The first-order valence-corrected chi connectivity index (χ1v) is 6.89. The molecule has 20 heavy (non-hydrogen) atoms. The molecule has 1 aliphatic heterocycles. The predicted molar refractivity (Wildman–Crippen MR) is 75.7 cm³/mol. The van der Waals surface area contributed by atoms with E-state index in [0.717, 1.165) is 0 Å². The molecule has 0 radical (unpaired) electrons. The Balaban J connectivity index is 2.83. The van der Waals surface area contributed by atoms with Gasteiger partial charge in [0.15, 0.2) is 0 Å². The lowest BCUT2D eigenvalue weighted by Gasteiger charge is -2.45. The second kappa shape index (κ2) is 5.60. The van der Waals surface area contributed by atoms with Crippen molar-refractivity contribution in [3.8, 4) is 0 Å². The zero-order valence-corrected chi connectivity index (χ0v) is 13.3. The summed E-state index contributed by atoms with van der Waals surface area (Å²) in [5, 5.41) is 9.36. The van der Waals surface area contributed by atoms with E-state index in [0.29, 0.717) is 19.6 Å². The Morgan fingerprint density at radius 1 is 1.10 bits per heavy atom. The average molecular weight is 286 g/mol. The van der Waals surface area contributed by atoms with Gasteiger partial charge in [-0.05, 0) is 41.5 Å². The third-order valence-corrected chi connectivity index (χ3v) is 3.24. The summed E-state index contributed by atoms with van der Waals surface area (Å²) in [6.45, 7) is 12.7. The number of nitrogens with zero attached hydrogens (tertiary/aromatic N) is 2. The number of piperazine rings is 1. The molecule has 1 heterocycles. The minimum Gasteiger partial charge on any atom is -0.480 e. The van der Waals surface area contributed by atoms with E-state index >= 15 is 0 Å². The molecule has 0 aromatic carbocycles. The van der Waals surface area contributed by atoms with Crippen molar-refractivity contribution in [3.63, 3.8) is 0 Å². The normalized spacial score (nSPS) is 21.7. The molecule has 0 spiro atoms. The van der Waals surface area contributed by atoms with E-state index in [2.05, 4.69) is 4.90 Å². The van der Waals surface area contributed by atoms with Gasteiger partial charge in [-0.25, -0.2) is 9.59 Å². The maximum Gasteiger partial charge on any atom is 0.411 e. The van der Waals surface area contributed by atoms with E-state index in [4.69, 9.17) is 4.74 Å². The van der Waals surface area contributed by atoms with E-state index in [1.54, 1.807) is 20.8 Å². The number of carboxylic acids is 1. The third-order valence-electron chi connectivity index (χ3n) is 3.24. The standard InChI is InChI=1S/C14H26N2O4/c1-13(2,3)15-7-8-16(10(9-15)11(17)18)12(19)20-14(4,5)6/h10H,7-9H2,1-6H3,(H,17,18). The molecule has 116 valence electrons. The van der Waals surface area contributed by atoms with E-state index in [1.807, 2.05) is 20.8 Å². The van der Waals surface area contributed by atoms with Crippen molar-refractivity contribution in [2.75, 3.05) is 19.6 Å². The van der Waals surface area contributed by atoms with Crippen molar-refractivity contribution in [2.24, 2.45) is 0 Å². The molecule has 1 fully saturated rings. The lowest BCUT2D eigenvalue weighted by Crippen LogP contribution is -2.62. The van der Waals surface area contributed by atoms with Crippen molar-refractivity contribution < 1.29 is 19.4 Å². The van der Waals surface area contributed by atoms with E-state index < -0.39 is 23.7 Å². The zero-order chi connectivity index (χ0) is 15.7. The summed E-state index contributed by atoms with van der Waals surface area (Å²) in [5.74, 6) is -0.996. The number of aliphatic carboxylic acids is 1. The number of hydrogen-bond donors (Lipinski definition) is 1. The smallest absolute Gasteiger partial charge is 0.411 e. The molecule has 1 aliphatic rings. The first-order chi connectivity index (χ1) is 8.92. The van der Waals surface area contributed by atoms with Gasteiger partial charge in [0.05, 0.1) is 0 Å². The van der Waals surface area contributed by atoms with Crippen LogP contribution in [0.2, 0.25) is 0 Å². The Kier molecular flexibility index (Phi) is 4.69. The summed E-state index contributed by atoms with van der Waals surface area (Å²) >= 11 is 0. The van der Waals surface area contributed by atoms with Crippen LogP contribution in [-0.2, 0) is 9.53 Å². The molecule has 0 saturated carbocycles. The van der Waals surface area contributed by atoms with Crippen LogP contribution >= 0.6 is 0 Å². The van der Waals surface area contributed by atoms with Crippen LogP contribution in [0.15, 0.2) is 0 Å². The van der Waals surface area contributed by atoms with Crippen molar-refractivity contribution >= 4 is 12.1 Å². The van der Waals surface area contributed by atoms with Crippen LogP contribution in [0.25, 0.3) is 0 Å². The van der Waals surface area contributed by atoms with Gasteiger partial charge in [-0.3, -0.25) is 9.80 Å². The number of hydrogen-bond acceptors (Lipinski definition) is 4. The minimum atomic E-state index is -0.996. The van der Waals surface area contributed by atoms with Gasteiger partial charge in [-0.2, -0.15) is 0 Å². The van der Waals surface area contributed by atoms with Crippen molar-refractivity contribution in [2.45, 2.75) is 58.7 Å². The first-order valence-electron chi connectivity index (χ1n) is 6.89. The second-order valence-corrected chi connectivity index (χ2v) is 7.14. The summed E-state index contributed by atoms with van der Waals surface area (Å²) in [6, 6.07) is -0.863. The van der Waals surface area contributed by atoms with Gasteiger partial charge in [0.2, 0.25) is 0 Å². The average Bonchev–Trinajstić information content (AvgIpc) is 2.24. The SMILES string of the molecule is CC(C)(C)OC(=O)N1CCN(C(C)(C)C)CC1C(=O)O. The number of carbonyl (C=O) groups excluding carboxylic acids is 1. The Bertz CT molecular complexity index is 382. The van der Waals surface area contributed by atoms with Crippen molar-refractivity contribution in [1.82, 2.24) is 9.80 Å². The van der Waals surface area contributed by atoms with Crippen LogP contribution in [0, 0.1) is 0 Å². The number of ether oxygens (including phenoxy) is 1. The van der Waals surface area contributed by atoms with Gasteiger partial charge in [0.1, 0.15) is 11.6 Å². The molecule has 6 heteroatoms. The summed E-state index contributed by atoms with van der Waals surface area (Å²) in [7, 11) is 0. The molecule has 0 aromatic rings. The lowest BCUT2D eigenvalue weighted by molar-refractivity contribution is -0.146. The quantitative estimate of drug-likeness (QED) is 0.796. The van der Waals surface area contributed by atoms with Gasteiger partial charge < -0.3 is 9.84 Å². The molecule has 0 aliphatic carbocycles. The summed E-state index contributed by atoms with van der Waals surface area (Å²) in [6.07, 6.45) is -0.557. The highest BCUT2D eigenvalue weighted by molar-refractivity contribution is 5.80. The topological polar surface area (TPSA) is 70.1 Å². The van der Waals surface area contributed by atoms with Crippen LogP contribution in [0.5, 0.6) is 0 Å². The highest BCUT2D eigenvalue weighted by atomic mass is 16.6. The van der Waals surface area contributed by atoms with Crippen molar-refractivity contribution in [1.29, 1.82) is 0 Å². The fourth-order valence-electron chi connectivity index (χ4n) is 2.14. The number of carboxylic acid groups (broad SMARTS) is 1. The molecule has 0 bridgehead atoms. The molecular formula is C14H26N2O4. The number of rotatable bonds is 1. The van der Waals surface area contributed by atoms with E-state index in [9.17, 15) is 14.7 Å². The largest absolute Gasteiger partial charge is 0.480 e. The van der Waals surface area contributed by atoms with Crippen molar-refractivity contribution in [3.05, 3.63) is 0 Å². The Labute approximate surface area is 120 Å². The van der Waals surface area contributed by atoms with Gasteiger partial charge in [-0.15, -0.1) is 0 Å². The van der Waals surface area contributed by atoms with Crippen LogP contribution in [0.1, 0.15) is 41.5 Å². The Hall–Kier alpha value is -1.30. The molecule has 0 aromatic heterocycles. The van der Waals surface area contributed by atoms with Gasteiger partial charge in [0, 0.05) is 25.2 Å². The van der Waals surface area contributed by atoms with E-state index in [-0.39, 0.29) is 5.54 Å². The monoisotopic (exact) mass is 286 g/mol.